The van der Waals surface area contributed by atoms with Crippen LogP contribution in [0.2, 0.25) is 0 Å². The fourth-order valence-corrected chi connectivity index (χ4v) is 3.76. The molecular weight excluding hydrogens is 348 g/mol. The van der Waals surface area contributed by atoms with E-state index in [9.17, 15) is 9.59 Å². The zero-order valence-corrected chi connectivity index (χ0v) is 15.7. The molecule has 1 saturated carbocycles. The predicted octanol–water partition coefficient (Wildman–Crippen LogP) is 2.93. The molecule has 1 aliphatic rings. The topological polar surface area (TPSA) is 87.7 Å². The molecule has 0 aromatic carbocycles. The van der Waals surface area contributed by atoms with Gasteiger partial charge in [-0.1, -0.05) is 18.9 Å². The van der Waals surface area contributed by atoms with Crippen LogP contribution >= 0.6 is 11.8 Å². The van der Waals surface area contributed by atoms with Gasteiger partial charge in [0.2, 0.25) is 5.91 Å². The van der Waals surface area contributed by atoms with Crippen molar-refractivity contribution in [2.45, 2.75) is 38.1 Å². The van der Waals surface area contributed by atoms with E-state index in [4.69, 9.17) is 0 Å². The Hall–Kier alpha value is -2.15. The van der Waals surface area contributed by atoms with Gasteiger partial charge in [0.05, 0.1) is 11.7 Å². The zero-order chi connectivity index (χ0) is 18.4. The predicted molar refractivity (Wildman–Crippen MR) is 104 cm³/mol. The van der Waals surface area contributed by atoms with Gasteiger partial charge in [0.15, 0.2) is 5.82 Å². The SMILES string of the molecule is CSCC[C@H](NC(=O)C1CCCC1)c1cc(=O)[nH]c(-c2ccccn2)n1. The Morgan fingerprint density at radius 1 is 1.38 bits per heavy atom. The van der Waals surface area contributed by atoms with Gasteiger partial charge in [-0.05, 0) is 43.4 Å². The van der Waals surface area contributed by atoms with Crippen LogP contribution < -0.4 is 10.9 Å². The molecule has 138 valence electrons. The lowest BCUT2D eigenvalue weighted by Crippen LogP contribution is -2.34. The summed E-state index contributed by atoms with van der Waals surface area (Å²) in [7, 11) is 0. The summed E-state index contributed by atoms with van der Waals surface area (Å²) in [5.74, 6) is 1.47. The third-order valence-corrected chi connectivity index (χ3v) is 5.32. The summed E-state index contributed by atoms with van der Waals surface area (Å²) in [6.45, 7) is 0. The lowest BCUT2D eigenvalue weighted by Gasteiger charge is -2.20. The van der Waals surface area contributed by atoms with E-state index in [2.05, 4.69) is 20.3 Å². The molecule has 0 spiro atoms. The minimum absolute atomic E-state index is 0.0788. The van der Waals surface area contributed by atoms with Gasteiger partial charge in [0, 0.05) is 18.2 Å². The Bertz CT molecular complexity index is 788. The maximum absolute atomic E-state index is 12.6. The van der Waals surface area contributed by atoms with E-state index in [1.807, 2.05) is 18.4 Å². The van der Waals surface area contributed by atoms with Crippen LogP contribution in [0.15, 0.2) is 35.3 Å². The largest absolute Gasteiger partial charge is 0.347 e. The normalized spacial score (nSPS) is 15.7. The average Bonchev–Trinajstić information content (AvgIpc) is 3.20. The minimum atomic E-state index is -0.264. The fourth-order valence-electron chi connectivity index (χ4n) is 3.29. The number of hydrogen-bond acceptors (Lipinski definition) is 5. The number of rotatable bonds is 7. The number of carbonyl (C=O) groups excluding carboxylic acids is 1. The van der Waals surface area contributed by atoms with Gasteiger partial charge < -0.3 is 10.3 Å². The molecule has 0 unspecified atom stereocenters. The first-order valence-electron chi connectivity index (χ1n) is 8.99. The number of amides is 1. The summed E-state index contributed by atoms with van der Waals surface area (Å²) in [5.41, 5.74) is 0.965. The van der Waals surface area contributed by atoms with Crippen molar-refractivity contribution >= 4 is 17.7 Å². The number of H-pyrrole nitrogens is 1. The Balaban J connectivity index is 1.86. The van der Waals surface area contributed by atoms with E-state index in [0.717, 1.165) is 37.9 Å². The standard InChI is InChI=1S/C19H24N4O2S/c1-26-11-9-14(22-19(25)13-6-2-3-7-13)16-12-17(24)23-18(21-16)15-8-4-5-10-20-15/h4-5,8,10,12-14H,2-3,6-7,9,11H2,1H3,(H,22,25)(H,21,23,24)/t14-/m0/s1. The van der Waals surface area contributed by atoms with Crippen molar-refractivity contribution in [3.63, 3.8) is 0 Å². The fraction of sp³-hybridized carbons (Fsp3) is 0.474. The Morgan fingerprint density at radius 2 is 2.19 bits per heavy atom. The average molecular weight is 372 g/mol. The number of nitrogens with zero attached hydrogens (tertiary/aromatic N) is 2. The molecule has 1 atom stereocenters. The maximum Gasteiger partial charge on any atom is 0.251 e. The van der Waals surface area contributed by atoms with Crippen molar-refractivity contribution < 1.29 is 4.79 Å². The van der Waals surface area contributed by atoms with E-state index in [0.29, 0.717) is 17.2 Å². The highest BCUT2D eigenvalue weighted by Gasteiger charge is 2.26. The molecule has 7 heteroatoms. The van der Waals surface area contributed by atoms with Crippen molar-refractivity contribution in [3.05, 3.63) is 46.5 Å². The second-order valence-corrected chi connectivity index (χ2v) is 7.54. The van der Waals surface area contributed by atoms with Crippen molar-refractivity contribution in [2.75, 3.05) is 12.0 Å². The molecule has 0 saturated heterocycles. The lowest BCUT2D eigenvalue weighted by atomic mass is 10.1. The summed E-state index contributed by atoms with van der Waals surface area (Å²) < 4.78 is 0. The monoisotopic (exact) mass is 372 g/mol. The van der Waals surface area contributed by atoms with Crippen LogP contribution in [0.5, 0.6) is 0 Å². The van der Waals surface area contributed by atoms with Crippen LogP contribution in [-0.2, 0) is 4.79 Å². The molecule has 2 aromatic rings. The third-order valence-electron chi connectivity index (χ3n) is 4.68. The molecule has 0 aliphatic heterocycles. The van der Waals surface area contributed by atoms with Gasteiger partial charge in [0.1, 0.15) is 5.69 Å². The summed E-state index contributed by atoms with van der Waals surface area (Å²) >= 11 is 1.71. The molecule has 1 fully saturated rings. The van der Waals surface area contributed by atoms with Crippen molar-refractivity contribution in [1.29, 1.82) is 0 Å². The zero-order valence-electron chi connectivity index (χ0n) is 14.9. The number of pyridine rings is 1. The van der Waals surface area contributed by atoms with E-state index in [-0.39, 0.29) is 23.4 Å². The van der Waals surface area contributed by atoms with Crippen molar-refractivity contribution in [2.24, 2.45) is 5.92 Å². The van der Waals surface area contributed by atoms with Crippen LogP contribution in [0.1, 0.15) is 43.8 Å². The number of thioether (sulfide) groups is 1. The Labute approximate surface area is 157 Å². The maximum atomic E-state index is 12.6. The minimum Gasteiger partial charge on any atom is -0.347 e. The van der Waals surface area contributed by atoms with E-state index < -0.39 is 0 Å². The van der Waals surface area contributed by atoms with Crippen molar-refractivity contribution in [1.82, 2.24) is 20.3 Å². The van der Waals surface area contributed by atoms with Gasteiger partial charge >= 0.3 is 0 Å². The molecule has 3 rings (SSSR count). The van der Waals surface area contributed by atoms with Crippen LogP contribution in [0.25, 0.3) is 11.5 Å². The summed E-state index contributed by atoms with van der Waals surface area (Å²) in [6.07, 6.45) is 8.54. The van der Waals surface area contributed by atoms with E-state index in [1.165, 1.54) is 6.07 Å². The molecule has 6 nitrogen and oxygen atoms in total. The van der Waals surface area contributed by atoms with Gasteiger partial charge in [-0.3, -0.25) is 14.6 Å². The second-order valence-electron chi connectivity index (χ2n) is 6.56. The van der Waals surface area contributed by atoms with Gasteiger partial charge in [-0.15, -0.1) is 0 Å². The highest BCUT2D eigenvalue weighted by atomic mass is 32.2. The molecule has 2 heterocycles. The first-order valence-corrected chi connectivity index (χ1v) is 10.4. The molecule has 1 amide bonds. The third kappa shape index (κ3) is 4.72. The summed E-state index contributed by atoms with van der Waals surface area (Å²) in [6, 6.07) is 6.68. The number of carbonyl (C=O) groups is 1. The van der Waals surface area contributed by atoms with E-state index >= 15 is 0 Å². The van der Waals surface area contributed by atoms with Gasteiger partial charge in [-0.2, -0.15) is 11.8 Å². The first-order chi connectivity index (χ1) is 12.7. The molecule has 0 bridgehead atoms. The Morgan fingerprint density at radius 3 is 2.88 bits per heavy atom. The number of aromatic nitrogens is 3. The smallest absolute Gasteiger partial charge is 0.251 e. The molecule has 1 aliphatic carbocycles. The van der Waals surface area contributed by atoms with Crippen LogP contribution in [0.4, 0.5) is 0 Å². The summed E-state index contributed by atoms with van der Waals surface area (Å²) in [5, 5.41) is 3.13. The van der Waals surface area contributed by atoms with Crippen LogP contribution in [-0.4, -0.2) is 32.9 Å². The Kier molecular flexibility index (Phi) is 6.44. The highest BCUT2D eigenvalue weighted by Crippen LogP contribution is 2.26. The van der Waals surface area contributed by atoms with Crippen molar-refractivity contribution in [3.8, 4) is 11.5 Å². The molecule has 2 aromatic heterocycles. The quantitative estimate of drug-likeness (QED) is 0.780. The summed E-state index contributed by atoms with van der Waals surface area (Å²) in [4.78, 5) is 36.3. The number of aromatic amines is 1. The van der Waals surface area contributed by atoms with Gasteiger partial charge in [-0.25, -0.2) is 4.98 Å². The molecule has 26 heavy (non-hydrogen) atoms. The molecular formula is C19H24N4O2S. The van der Waals surface area contributed by atoms with Gasteiger partial charge in [0.25, 0.3) is 5.56 Å². The molecule has 0 radical (unpaired) electrons. The number of nitrogens with one attached hydrogen (secondary N) is 2. The van der Waals surface area contributed by atoms with E-state index in [1.54, 1.807) is 24.0 Å². The highest BCUT2D eigenvalue weighted by molar-refractivity contribution is 7.98. The second kappa shape index (κ2) is 8.98. The first kappa shape index (κ1) is 18.6. The van der Waals surface area contributed by atoms with Crippen LogP contribution in [0, 0.1) is 5.92 Å². The number of hydrogen-bond donors (Lipinski definition) is 2. The van der Waals surface area contributed by atoms with Crippen LogP contribution in [0.3, 0.4) is 0 Å². The molecule has 2 N–H and O–H groups in total. The lowest BCUT2D eigenvalue weighted by molar-refractivity contribution is -0.125.